The molecule has 2 aromatic carbocycles. The second-order valence-electron chi connectivity index (χ2n) is 10.7. The van der Waals surface area contributed by atoms with E-state index in [4.69, 9.17) is 4.98 Å². The van der Waals surface area contributed by atoms with Gasteiger partial charge in [0.1, 0.15) is 17.3 Å². The zero-order chi connectivity index (χ0) is 29.2. The minimum Gasteiger partial charge on any atom is -0.369 e. The number of nitrogens with one attached hydrogen (secondary N) is 3. The number of hydrogen-bond acceptors (Lipinski definition) is 8. The number of amides is 1. The number of nitrogens with zero attached hydrogens (tertiary/aromatic N) is 5. The Balaban J connectivity index is 1.30. The van der Waals surface area contributed by atoms with Crippen molar-refractivity contribution in [2.45, 2.75) is 12.5 Å². The number of carbonyl (C=O) groups excluding carboxylic acids is 2. The SMILES string of the molecule is C=CC(=O)N1CC[C@H](Nc2nc(Nc3ccc(N4CCN(C)CC4)cc3)nc3[nH]cc(C(=O)c4ccc(F)cc4)c23)C1. The highest BCUT2D eigenvalue weighted by Gasteiger charge is 2.27. The summed E-state index contributed by atoms with van der Waals surface area (Å²) in [7, 11) is 2.14. The van der Waals surface area contributed by atoms with Gasteiger partial charge in [-0.2, -0.15) is 9.97 Å². The van der Waals surface area contributed by atoms with Crippen LogP contribution in [-0.2, 0) is 4.79 Å². The highest BCUT2D eigenvalue weighted by atomic mass is 19.1. The molecule has 11 heteroatoms. The number of aromatic amines is 1. The molecule has 2 saturated heterocycles. The molecule has 3 N–H and O–H groups in total. The lowest BCUT2D eigenvalue weighted by Crippen LogP contribution is -2.44. The number of likely N-dealkylation sites (N-methyl/N-ethyl adjacent to an activating group) is 1. The highest BCUT2D eigenvalue weighted by Crippen LogP contribution is 2.30. The van der Waals surface area contributed by atoms with E-state index in [1.54, 1.807) is 11.1 Å². The Morgan fingerprint density at radius 2 is 1.76 bits per heavy atom. The zero-order valence-corrected chi connectivity index (χ0v) is 23.4. The van der Waals surface area contributed by atoms with Crippen molar-refractivity contribution >= 4 is 45.9 Å². The van der Waals surface area contributed by atoms with Crippen molar-refractivity contribution < 1.29 is 14.0 Å². The summed E-state index contributed by atoms with van der Waals surface area (Å²) in [5, 5.41) is 7.29. The number of halogens is 1. The molecule has 0 spiro atoms. The van der Waals surface area contributed by atoms with Crippen molar-refractivity contribution in [1.29, 1.82) is 0 Å². The molecule has 1 atom stereocenters. The van der Waals surface area contributed by atoms with Crippen molar-refractivity contribution in [3.63, 3.8) is 0 Å². The van der Waals surface area contributed by atoms with E-state index in [2.05, 4.69) is 56.2 Å². The summed E-state index contributed by atoms with van der Waals surface area (Å²) in [5.74, 6) is 0.0211. The summed E-state index contributed by atoms with van der Waals surface area (Å²) in [6, 6.07) is 13.5. The summed E-state index contributed by atoms with van der Waals surface area (Å²) in [6.45, 7) is 8.71. The van der Waals surface area contributed by atoms with E-state index >= 15 is 0 Å². The smallest absolute Gasteiger partial charge is 0.246 e. The number of benzene rings is 2. The summed E-state index contributed by atoms with van der Waals surface area (Å²) in [6.07, 6.45) is 3.63. The summed E-state index contributed by atoms with van der Waals surface area (Å²) in [4.78, 5) is 44.6. The van der Waals surface area contributed by atoms with Crippen LogP contribution in [0.5, 0.6) is 0 Å². The van der Waals surface area contributed by atoms with E-state index in [1.165, 1.54) is 36.0 Å². The van der Waals surface area contributed by atoms with Crippen LogP contribution in [-0.4, -0.2) is 88.8 Å². The molecule has 0 unspecified atom stereocenters. The topological polar surface area (TPSA) is 109 Å². The van der Waals surface area contributed by atoms with Crippen LogP contribution in [0, 0.1) is 5.82 Å². The van der Waals surface area contributed by atoms with E-state index in [-0.39, 0.29) is 17.7 Å². The first-order valence-corrected chi connectivity index (χ1v) is 14.1. The average Bonchev–Trinajstić information content (AvgIpc) is 3.65. The predicted octanol–water partition coefficient (Wildman–Crippen LogP) is 4.02. The van der Waals surface area contributed by atoms with Gasteiger partial charge in [0.15, 0.2) is 5.78 Å². The maximum absolute atomic E-state index is 13.5. The second-order valence-corrected chi connectivity index (χ2v) is 10.7. The van der Waals surface area contributed by atoms with E-state index in [0.29, 0.717) is 53.4 Å². The monoisotopic (exact) mass is 568 g/mol. The molecule has 2 aliphatic heterocycles. The molecular weight excluding hydrogens is 535 g/mol. The number of carbonyl (C=O) groups is 2. The van der Waals surface area contributed by atoms with Gasteiger partial charge in [-0.1, -0.05) is 6.58 Å². The van der Waals surface area contributed by atoms with Crippen LogP contribution in [0.2, 0.25) is 0 Å². The first-order valence-electron chi connectivity index (χ1n) is 14.1. The van der Waals surface area contributed by atoms with E-state index in [9.17, 15) is 14.0 Å². The van der Waals surface area contributed by atoms with E-state index < -0.39 is 5.82 Å². The molecule has 216 valence electrons. The Bertz CT molecular complexity index is 1610. The largest absolute Gasteiger partial charge is 0.369 e. The van der Waals surface area contributed by atoms with Crippen molar-refractivity contribution in [1.82, 2.24) is 24.8 Å². The Kier molecular flexibility index (Phi) is 7.58. The molecule has 1 amide bonds. The number of H-pyrrole nitrogens is 1. The first-order chi connectivity index (χ1) is 20.4. The second kappa shape index (κ2) is 11.6. The predicted molar refractivity (Wildman–Crippen MR) is 162 cm³/mol. The Labute approximate surface area is 243 Å². The standard InChI is InChI=1S/C31H33FN8O2/c1-3-26(41)40-13-12-23(19-40)34-30-27-25(28(42)20-4-6-21(32)7-5-20)18-33-29(27)36-31(37-30)35-22-8-10-24(11-9-22)39-16-14-38(2)15-17-39/h3-11,18,23H,1,12-17,19H2,2H3,(H3,33,34,35,36,37)/t23-/m0/s1. The van der Waals surface area contributed by atoms with Gasteiger partial charge >= 0.3 is 0 Å². The number of piperazine rings is 1. The zero-order valence-electron chi connectivity index (χ0n) is 23.4. The molecule has 0 aliphatic carbocycles. The van der Waals surface area contributed by atoms with Gasteiger partial charge in [-0.15, -0.1) is 0 Å². The fourth-order valence-electron chi connectivity index (χ4n) is 5.48. The number of fused-ring (bicyclic) bond motifs is 1. The normalized spacial score (nSPS) is 17.4. The van der Waals surface area contributed by atoms with Crippen molar-refractivity contribution in [2.75, 3.05) is 61.8 Å². The molecule has 2 aromatic heterocycles. The van der Waals surface area contributed by atoms with Gasteiger partial charge in [0.05, 0.1) is 10.9 Å². The van der Waals surface area contributed by atoms with Crippen molar-refractivity contribution in [3.8, 4) is 0 Å². The van der Waals surface area contributed by atoms with Gasteiger partial charge in [0, 0.05) is 68.4 Å². The molecular formula is C31H33FN8O2. The fourth-order valence-corrected chi connectivity index (χ4v) is 5.48. The summed E-state index contributed by atoms with van der Waals surface area (Å²) >= 11 is 0. The third kappa shape index (κ3) is 5.68. The van der Waals surface area contributed by atoms with Gasteiger partial charge < -0.3 is 30.3 Å². The molecule has 4 heterocycles. The van der Waals surface area contributed by atoms with Crippen LogP contribution in [0.3, 0.4) is 0 Å². The van der Waals surface area contributed by atoms with Crippen LogP contribution in [0.1, 0.15) is 22.3 Å². The lowest BCUT2D eigenvalue weighted by Gasteiger charge is -2.34. The molecule has 0 saturated carbocycles. The van der Waals surface area contributed by atoms with E-state index in [0.717, 1.165) is 31.9 Å². The molecule has 42 heavy (non-hydrogen) atoms. The van der Waals surface area contributed by atoms with Gasteiger partial charge in [0.2, 0.25) is 11.9 Å². The highest BCUT2D eigenvalue weighted by molar-refractivity contribution is 6.18. The maximum Gasteiger partial charge on any atom is 0.246 e. The molecule has 2 fully saturated rings. The quantitative estimate of drug-likeness (QED) is 0.216. The average molecular weight is 569 g/mol. The van der Waals surface area contributed by atoms with Gasteiger partial charge in [-0.25, -0.2) is 4.39 Å². The molecule has 0 bridgehead atoms. The first kappa shape index (κ1) is 27.4. The van der Waals surface area contributed by atoms with Gasteiger partial charge in [-0.05, 0) is 68.1 Å². The minimum atomic E-state index is -0.414. The fraction of sp³-hybridized carbons (Fsp3) is 0.290. The summed E-state index contributed by atoms with van der Waals surface area (Å²) < 4.78 is 13.5. The van der Waals surface area contributed by atoms with Gasteiger partial charge in [-0.3, -0.25) is 9.59 Å². The van der Waals surface area contributed by atoms with Crippen LogP contribution >= 0.6 is 0 Å². The summed E-state index contributed by atoms with van der Waals surface area (Å²) in [5.41, 5.74) is 3.21. The number of anilines is 4. The lowest BCUT2D eigenvalue weighted by atomic mass is 10.0. The number of likely N-dealkylation sites (tertiary alicyclic amines) is 1. The number of aromatic nitrogens is 3. The molecule has 6 rings (SSSR count). The number of ketones is 1. The maximum atomic E-state index is 13.5. The molecule has 10 nitrogen and oxygen atoms in total. The molecule has 0 radical (unpaired) electrons. The third-order valence-electron chi connectivity index (χ3n) is 7.89. The third-order valence-corrected chi connectivity index (χ3v) is 7.89. The van der Waals surface area contributed by atoms with Crippen molar-refractivity contribution in [3.05, 3.63) is 84.3 Å². The minimum absolute atomic E-state index is 0.0774. The number of rotatable bonds is 8. The Morgan fingerprint density at radius 1 is 1.02 bits per heavy atom. The van der Waals surface area contributed by atoms with Crippen molar-refractivity contribution in [2.24, 2.45) is 0 Å². The van der Waals surface area contributed by atoms with Crippen LogP contribution in [0.25, 0.3) is 11.0 Å². The van der Waals surface area contributed by atoms with E-state index in [1.807, 2.05) is 12.1 Å². The molecule has 4 aromatic rings. The Hall–Kier alpha value is -4.77. The number of hydrogen-bond donors (Lipinski definition) is 3. The van der Waals surface area contributed by atoms with Gasteiger partial charge in [0.25, 0.3) is 0 Å². The van der Waals surface area contributed by atoms with Crippen LogP contribution in [0.15, 0.2) is 67.4 Å². The Morgan fingerprint density at radius 3 is 2.48 bits per heavy atom. The van der Waals surface area contributed by atoms with Crippen LogP contribution in [0.4, 0.5) is 27.5 Å². The van der Waals surface area contributed by atoms with Crippen LogP contribution < -0.4 is 15.5 Å². The lowest BCUT2D eigenvalue weighted by molar-refractivity contribution is -0.125. The molecule has 2 aliphatic rings.